The second-order valence-electron chi connectivity index (χ2n) is 4.34. The number of rotatable bonds is 2. The fraction of sp³-hybridized carbons (Fsp3) is 0.308. The Bertz CT molecular complexity index is 547. The number of morpholine rings is 1. The van der Waals surface area contributed by atoms with Crippen LogP contribution in [0.5, 0.6) is 0 Å². The third-order valence-electron chi connectivity index (χ3n) is 3.06. The van der Waals surface area contributed by atoms with Crippen molar-refractivity contribution in [3.8, 4) is 0 Å². The van der Waals surface area contributed by atoms with E-state index in [1.165, 1.54) is 10.9 Å². The molecule has 1 atom stereocenters. The van der Waals surface area contributed by atoms with E-state index in [1.807, 2.05) is 18.3 Å². The van der Waals surface area contributed by atoms with Gasteiger partial charge in [0.2, 0.25) is 5.91 Å². The van der Waals surface area contributed by atoms with Crippen molar-refractivity contribution in [3.63, 3.8) is 0 Å². The molecule has 0 bridgehead atoms. The van der Waals surface area contributed by atoms with Crippen molar-refractivity contribution in [2.24, 2.45) is 0 Å². The van der Waals surface area contributed by atoms with Crippen LogP contribution in [0.15, 0.2) is 30.5 Å². The maximum Gasteiger partial charge on any atom is 0.246 e. The molecule has 1 aromatic carbocycles. The Balaban J connectivity index is 1.82. The van der Waals surface area contributed by atoms with Crippen molar-refractivity contribution in [3.05, 3.63) is 36.0 Å². The van der Waals surface area contributed by atoms with E-state index in [2.05, 4.69) is 22.4 Å². The highest BCUT2D eigenvalue weighted by Gasteiger charge is 2.19. The van der Waals surface area contributed by atoms with Crippen molar-refractivity contribution >= 4 is 16.8 Å². The van der Waals surface area contributed by atoms with Gasteiger partial charge in [-0.1, -0.05) is 18.2 Å². The zero-order valence-electron chi connectivity index (χ0n) is 9.40. The van der Waals surface area contributed by atoms with Crippen molar-refractivity contribution in [1.29, 1.82) is 0 Å². The van der Waals surface area contributed by atoms with Crippen molar-refractivity contribution in [2.45, 2.75) is 12.5 Å². The molecule has 88 valence electrons. The molecule has 2 heterocycles. The second-order valence-corrected chi connectivity index (χ2v) is 4.34. The summed E-state index contributed by atoms with van der Waals surface area (Å²) >= 11 is 0. The fourth-order valence-electron chi connectivity index (χ4n) is 2.28. The summed E-state index contributed by atoms with van der Waals surface area (Å²) in [5.74, 6) is -0.0268. The summed E-state index contributed by atoms with van der Waals surface area (Å²) in [7, 11) is 0. The van der Waals surface area contributed by atoms with Gasteiger partial charge in [-0.2, -0.15) is 0 Å². The Morgan fingerprint density at radius 3 is 3.12 bits per heavy atom. The minimum absolute atomic E-state index is 0.0268. The van der Waals surface area contributed by atoms with Crippen LogP contribution in [0, 0.1) is 0 Å². The molecule has 1 saturated heterocycles. The molecule has 0 radical (unpaired) electrons. The first-order chi connectivity index (χ1) is 8.33. The Morgan fingerprint density at radius 1 is 1.35 bits per heavy atom. The summed E-state index contributed by atoms with van der Waals surface area (Å²) in [6.07, 6.45) is 2.81. The molecule has 1 fully saturated rings. The van der Waals surface area contributed by atoms with Gasteiger partial charge in [-0.15, -0.1) is 0 Å². The van der Waals surface area contributed by atoms with Crippen molar-refractivity contribution < 1.29 is 9.53 Å². The molecule has 1 aromatic heterocycles. The first kappa shape index (κ1) is 10.4. The number of para-hydroxylation sites is 1. The van der Waals surface area contributed by atoms with E-state index in [0.717, 1.165) is 11.9 Å². The monoisotopic (exact) mass is 230 g/mol. The van der Waals surface area contributed by atoms with E-state index < -0.39 is 0 Å². The first-order valence-corrected chi connectivity index (χ1v) is 5.75. The molecule has 0 spiro atoms. The van der Waals surface area contributed by atoms with Gasteiger partial charge in [-0.3, -0.25) is 4.79 Å². The standard InChI is InChI=1S/C13H14N2O2/c16-13-8-17-7-10(15-13)5-9-6-14-12-4-2-1-3-11(9)12/h1-4,6,10,14H,5,7-8H2,(H,15,16)/t10-/m1/s1. The molecule has 1 aliphatic rings. The number of fused-ring (bicyclic) bond motifs is 1. The summed E-state index contributed by atoms with van der Waals surface area (Å²) in [4.78, 5) is 14.5. The maximum absolute atomic E-state index is 11.2. The van der Waals surface area contributed by atoms with Gasteiger partial charge >= 0.3 is 0 Å². The van der Waals surface area contributed by atoms with Gasteiger partial charge < -0.3 is 15.0 Å². The van der Waals surface area contributed by atoms with Crippen LogP contribution in [0.4, 0.5) is 0 Å². The SMILES string of the molecule is O=C1COC[C@@H](Cc2c[nH]c3ccccc23)N1. The fourth-order valence-corrected chi connectivity index (χ4v) is 2.28. The lowest BCUT2D eigenvalue weighted by molar-refractivity contribution is -0.131. The Labute approximate surface area is 99.0 Å². The zero-order valence-corrected chi connectivity index (χ0v) is 9.40. The number of H-pyrrole nitrogens is 1. The highest BCUT2D eigenvalue weighted by Crippen LogP contribution is 2.19. The predicted molar refractivity (Wildman–Crippen MR) is 64.8 cm³/mol. The minimum Gasteiger partial charge on any atom is -0.369 e. The van der Waals surface area contributed by atoms with E-state index in [-0.39, 0.29) is 18.6 Å². The average molecular weight is 230 g/mol. The highest BCUT2D eigenvalue weighted by atomic mass is 16.5. The van der Waals surface area contributed by atoms with Crippen molar-refractivity contribution in [2.75, 3.05) is 13.2 Å². The van der Waals surface area contributed by atoms with Gasteiger partial charge in [0.1, 0.15) is 6.61 Å². The third-order valence-corrected chi connectivity index (χ3v) is 3.06. The summed E-state index contributed by atoms with van der Waals surface area (Å²) < 4.78 is 5.23. The van der Waals surface area contributed by atoms with Gasteiger partial charge in [0, 0.05) is 17.1 Å². The Morgan fingerprint density at radius 2 is 2.24 bits per heavy atom. The van der Waals surface area contributed by atoms with Gasteiger partial charge in [-0.05, 0) is 18.1 Å². The van der Waals surface area contributed by atoms with Gasteiger partial charge in [-0.25, -0.2) is 0 Å². The summed E-state index contributed by atoms with van der Waals surface area (Å²) in [5, 5.41) is 4.16. The van der Waals surface area contributed by atoms with E-state index >= 15 is 0 Å². The smallest absolute Gasteiger partial charge is 0.246 e. The number of aromatic amines is 1. The number of amides is 1. The zero-order chi connectivity index (χ0) is 11.7. The lowest BCUT2D eigenvalue weighted by Crippen LogP contribution is -2.46. The van der Waals surface area contributed by atoms with Gasteiger partial charge in [0.15, 0.2) is 0 Å². The molecular weight excluding hydrogens is 216 g/mol. The number of nitrogens with one attached hydrogen (secondary N) is 2. The normalized spacial score (nSPS) is 20.5. The topological polar surface area (TPSA) is 54.1 Å². The molecule has 1 aliphatic heterocycles. The minimum atomic E-state index is -0.0268. The van der Waals surface area contributed by atoms with Gasteiger partial charge in [0.05, 0.1) is 12.6 Å². The molecule has 1 amide bonds. The summed E-state index contributed by atoms with van der Waals surface area (Å²) in [6.45, 7) is 0.773. The number of hydrogen-bond donors (Lipinski definition) is 2. The lowest BCUT2D eigenvalue weighted by atomic mass is 10.0. The first-order valence-electron chi connectivity index (χ1n) is 5.75. The van der Waals surface area contributed by atoms with Crippen LogP contribution in [-0.2, 0) is 16.0 Å². The van der Waals surface area contributed by atoms with E-state index in [4.69, 9.17) is 4.74 Å². The lowest BCUT2D eigenvalue weighted by Gasteiger charge is -2.23. The molecule has 0 aliphatic carbocycles. The van der Waals surface area contributed by atoms with E-state index in [9.17, 15) is 4.79 Å². The number of ether oxygens (including phenoxy) is 1. The quantitative estimate of drug-likeness (QED) is 0.815. The Hall–Kier alpha value is -1.81. The van der Waals surface area contributed by atoms with Crippen LogP contribution in [0.25, 0.3) is 10.9 Å². The summed E-state index contributed by atoms with van der Waals surface area (Å²) in [6, 6.07) is 8.25. The molecule has 2 N–H and O–H groups in total. The predicted octanol–water partition coefficient (Wildman–Crippen LogP) is 1.23. The number of benzene rings is 1. The number of carbonyl (C=O) groups excluding carboxylic acids is 1. The molecule has 4 nitrogen and oxygen atoms in total. The number of carbonyl (C=O) groups is 1. The molecule has 2 aromatic rings. The maximum atomic E-state index is 11.2. The largest absolute Gasteiger partial charge is 0.369 e. The molecule has 17 heavy (non-hydrogen) atoms. The van der Waals surface area contributed by atoms with Crippen LogP contribution >= 0.6 is 0 Å². The number of hydrogen-bond acceptors (Lipinski definition) is 2. The van der Waals surface area contributed by atoms with Crippen molar-refractivity contribution in [1.82, 2.24) is 10.3 Å². The molecule has 0 saturated carbocycles. The molecular formula is C13H14N2O2. The highest BCUT2D eigenvalue weighted by molar-refractivity contribution is 5.83. The van der Waals surface area contributed by atoms with E-state index in [0.29, 0.717) is 6.61 Å². The van der Waals surface area contributed by atoms with Gasteiger partial charge in [0.25, 0.3) is 0 Å². The second kappa shape index (κ2) is 4.22. The Kier molecular flexibility index (Phi) is 2.57. The third kappa shape index (κ3) is 2.03. The van der Waals surface area contributed by atoms with Crippen LogP contribution in [0.2, 0.25) is 0 Å². The van der Waals surface area contributed by atoms with E-state index in [1.54, 1.807) is 0 Å². The van der Waals surface area contributed by atoms with Crippen LogP contribution < -0.4 is 5.32 Å². The van der Waals surface area contributed by atoms with Crippen LogP contribution in [0.1, 0.15) is 5.56 Å². The average Bonchev–Trinajstić information content (AvgIpc) is 2.73. The molecule has 4 heteroatoms. The van der Waals surface area contributed by atoms with Crippen LogP contribution in [0.3, 0.4) is 0 Å². The molecule has 3 rings (SSSR count). The molecule has 0 unspecified atom stereocenters. The number of aromatic nitrogens is 1. The van der Waals surface area contributed by atoms with Crippen LogP contribution in [-0.4, -0.2) is 30.1 Å². The summed E-state index contributed by atoms with van der Waals surface area (Å²) in [5.41, 5.74) is 2.35.